The van der Waals surface area contributed by atoms with Gasteiger partial charge in [0.05, 0.1) is 0 Å². The van der Waals surface area contributed by atoms with Gasteiger partial charge in [-0.15, -0.1) is 0 Å². The first-order valence-corrected chi connectivity index (χ1v) is 1.02. The summed E-state index contributed by atoms with van der Waals surface area (Å²) in [7, 11) is 1.04. The van der Waals surface area contributed by atoms with Crippen LogP contribution in [-0.4, -0.2) is 13.3 Å². The first-order chi connectivity index (χ1) is 2.27. The van der Waals surface area contributed by atoms with E-state index in [1.54, 1.807) is 0 Å². The molecule has 0 aliphatic rings. The molecular formula is C2H3O3Rb. The molecule has 0 aliphatic heterocycles. The molecule has 6 heavy (non-hydrogen) atoms. The third-order valence-electron chi connectivity index (χ3n) is 0.167. The minimum absolute atomic E-state index is 0. The standard InChI is InChI=1S/C2H4O3.Rb/c1-5-2(3)4;/h1H3,(H,3,4);/q;+1/p-1. The molecule has 4 heteroatoms. The average molecular weight is 161 g/mol. The van der Waals surface area contributed by atoms with E-state index < -0.39 is 6.16 Å². The van der Waals surface area contributed by atoms with Crippen molar-refractivity contribution >= 4 is 6.16 Å². The Hall–Kier alpha value is 1.08. The van der Waals surface area contributed by atoms with Crippen LogP contribution in [0.5, 0.6) is 0 Å². The number of carbonyl (C=O) groups is 1. The van der Waals surface area contributed by atoms with Crippen LogP contribution in [0.4, 0.5) is 4.79 Å². The maximum atomic E-state index is 9.03. The third kappa shape index (κ3) is 8.91. The molecule has 0 aromatic rings. The fourth-order valence-electron chi connectivity index (χ4n) is 0. The molecule has 0 saturated carbocycles. The second kappa shape index (κ2) is 6.08. The second-order valence-electron chi connectivity index (χ2n) is 0.454. The average Bonchev–Trinajstić information content (AvgIpc) is 1.38. The van der Waals surface area contributed by atoms with E-state index in [1.165, 1.54) is 0 Å². The van der Waals surface area contributed by atoms with Crippen LogP contribution in [0.25, 0.3) is 0 Å². The van der Waals surface area contributed by atoms with E-state index in [0.717, 1.165) is 7.11 Å². The molecule has 0 rings (SSSR count). The van der Waals surface area contributed by atoms with Crippen molar-refractivity contribution < 1.29 is 72.8 Å². The van der Waals surface area contributed by atoms with Gasteiger partial charge in [-0.3, -0.25) is 0 Å². The van der Waals surface area contributed by atoms with Crippen molar-refractivity contribution in [2.45, 2.75) is 0 Å². The van der Waals surface area contributed by atoms with Crippen molar-refractivity contribution in [3.05, 3.63) is 0 Å². The van der Waals surface area contributed by atoms with Crippen molar-refractivity contribution in [3.63, 3.8) is 0 Å². The summed E-state index contributed by atoms with van der Waals surface area (Å²) < 4.78 is 3.56. The number of rotatable bonds is 0. The molecular weight excluding hydrogens is 157 g/mol. The van der Waals surface area contributed by atoms with Gasteiger partial charge in [0, 0.05) is 7.11 Å². The Morgan fingerprint density at radius 1 is 1.83 bits per heavy atom. The van der Waals surface area contributed by atoms with E-state index in [-0.39, 0.29) is 58.2 Å². The third-order valence-corrected chi connectivity index (χ3v) is 0.167. The van der Waals surface area contributed by atoms with Crippen LogP contribution in [0.3, 0.4) is 0 Å². The Morgan fingerprint density at radius 3 is 2.00 bits per heavy atom. The Labute approximate surface area is 84.5 Å². The van der Waals surface area contributed by atoms with Gasteiger partial charge in [0.1, 0.15) is 0 Å². The van der Waals surface area contributed by atoms with E-state index in [2.05, 4.69) is 4.74 Å². The Balaban J connectivity index is 0. The molecule has 0 aliphatic carbocycles. The zero-order chi connectivity index (χ0) is 4.28. The van der Waals surface area contributed by atoms with Gasteiger partial charge in [-0.05, 0) is 0 Å². The maximum absolute atomic E-state index is 9.03. The van der Waals surface area contributed by atoms with Gasteiger partial charge in [-0.2, -0.15) is 0 Å². The predicted molar refractivity (Wildman–Crippen MR) is 12.4 cm³/mol. The van der Waals surface area contributed by atoms with Gasteiger partial charge in [0.2, 0.25) is 0 Å². The van der Waals surface area contributed by atoms with Crippen LogP contribution in [0, 0.1) is 0 Å². The SMILES string of the molecule is COC(=O)[O-].[Rb+]. The number of hydrogen-bond donors (Lipinski definition) is 0. The van der Waals surface area contributed by atoms with Crippen LogP contribution in [-0.2, 0) is 4.74 Å². The molecule has 0 amide bonds. The van der Waals surface area contributed by atoms with Crippen LogP contribution in [0.15, 0.2) is 0 Å². The zero-order valence-electron chi connectivity index (χ0n) is 3.72. The number of ether oxygens (including phenoxy) is 1. The first kappa shape index (κ1) is 10.1. The maximum Gasteiger partial charge on any atom is 1.00 e. The van der Waals surface area contributed by atoms with E-state index in [4.69, 9.17) is 9.90 Å². The number of methoxy groups -OCH3 is 1. The first-order valence-electron chi connectivity index (χ1n) is 1.02. The van der Waals surface area contributed by atoms with Gasteiger partial charge < -0.3 is 14.6 Å². The smallest absolute Gasteiger partial charge is 0.553 e. The molecule has 0 bridgehead atoms. The summed E-state index contributed by atoms with van der Waals surface area (Å²) in [6.07, 6.45) is -1.50. The monoisotopic (exact) mass is 160 g/mol. The summed E-state index contributed by atoms with van der Waals surface area (Å²) in [5, 5.41) is 9.03. The van der Waals surface area contributed by atoms with Gasteiger partial charge in [0.15, 0.2) is 0 Å². The molecule has 0 radical (unpaired) electrons. The summed E-state index contributed by atoms with van der Waals surface area (Å²) in [4.78, 5) is 9.03. The molecule has 0 aromatic heterocycles. The van der Waals surface area contributed by atoms with Crippen LogP contribution in [0.1, 0.15) is 0 Å². The molecule has 0 heterocycles. The van der Waals surface area contributed by atoms with E-state index in [9.17, 15) is 0 Å². The van der Waals surface area contributed by atoms with Gasteiger partial charge in [0.25, 0.3) is 6.16 Å². The molecule has 0 atom stereocenters. The predicted octanol–water partition coefficient (Wildman–Crippen LogP) is -4.02. The van der Waals surface area contributed by atoms with Crippen molar-refractivity contribution in [2.75, 3.05) is 7.11 Å². The number of carboxylic acid groups (broad SMARTS) is 1. The molecule has 0 N–H and O–H groups in total. The van der Waals surface area contributed by atoms with E-state index in [0.29, 0.717) is 0 Å². The van der Waals surface area contributed by atoms with Crippen molar-refractivity contribution in [1.29, 1.82) is 0 Å². The minimum atomic E-state index is -1.50. The molecule has 0 fully saturated rings. The van der Waals surface area contributed by atoms with Crippen LogP contribution in [0.2, 0.25) is 0 Å². The van der Waals surface area contributed by atoms with Crippen molar-refractivity contribution in [1.82, 2.24) is 0 Å². The minimum Gasteiger partial charge on any atom is -0.553 e. The van der Waals surface area contributed by atoms with E-state index >= 15 is 0 Å². The van der Waals surface area contributed by atoms with Crippen LogP contribution >= 0.6 is 0 Å². The summed E-state index contributed by atoms with van der Waals surface area (Å²) >= 11 is 0. The summed E-state index contributed by atoms with van der Waals surface area (Å²) in [6, 6.07) is 0. The molecule has 0 spiro atoms. The summed E-state index contributed by atoms with van der Waals surface area (Å²) in [6.45, 7) is 0. The second-order valence-corrected chi connectivity index (χ2v) is 0.454. The molecule has 3 nitrogen and oxygen atoms in total. The summed E-state index contributed by atoms with van der Waals surface area (Å²) in [5.74, 6) is 0. The van der Waals surface area contributed by atoms with E-state index in [1.807, 2.05) is 0 Å². The van der Waals surface area contributed by atoms with Gasteiger partial charge in [-0.25, -0.2) is 0 Å². The summed E-state index contributed by atoms with van der Waals surface area (Å²) in [5.41, 5.74) is 0. The Kier molecular flexibility index (Phi) is 10.3. The fourth-order valence-corrected chi connectivity index (χ4v) is 0. The van der Waals surface area contributed by atoms with Gasteiger partial charge in [-0.1, -0.05) is 0 Å². The Morgan fingerprint density at radius 2 is 2.00 bits per heavy atom. The number of carbonyl (C=O) groups excluding carboxylic acids is 1. The molecule has 0 unspecified atom stereocenters. The topological polar surface area (TPSA) is 49.4 Å². The Bertz CT molecular complexity index is 44.1. The fraction of sp³-hybridized carbons (Fsp3) is 0.500. The van der Waals surface area contributed by atoms with Gasteiger partial charge >= 0.3 is 58.2 Å². The van der Waals surface area contributed by atoms with Crippen molar-refractivity contribution in [3.8, 4) is 0 Å². The van der Waals surface area contributed by atoms with Crippen molar-refractivity contribution in [2.24, 2.45) is 0 Å². The number of hydrogen-bond acceptors (Lipinski definition) is 3. The largest absolute Gasteiger partial charge is 1.00 e. The van der Waals surface area contributed by atoms with Crippen LogP contribution < -0.4 is 63.3 Å². The molecule has 0 aromatic carbocycles. The zero-order valence-corrected chi connectivity index (χ0v) is 8.64. The molecule has 30 valence electrons. The normalized spacial score (nSPS) is 5.50. The molecule has 0 saturated heterocycles. The quantitative estimate of drug-likeness (QED) is 0.339.